The van der Waals surface area contributed by atoms with Gasteiger partial charge < -0.3 is 4.74 Å². The van der Waals surface area contributed by atoms with E-state index in [1.165, 1.54) is 6.92 Å². The van der Waals surface area contributed by atoms with Crippen LogP contribution in [0.15, 0.2) is 24.3 Å². The van der Waals surface area contributed by atoms with E-state index in [1.807, 2.05) is 12.1 Å². The van der Waals surface area contributed by atoms with Crippen LogP contribution in [0.25, 0.3) is 0 Å². The highest BCUT2D eigenvalue weighted by atomic mass is 35.6. The highest BCUT2D eigenvalue weighted by Gasteiger charge is 2.38. The van der Waals surface area contributed by atoms with E-state index in [0.29, 0.717) is 6.42 Å². The van der Waals surface area contributed by atoms with Gasteiger partial charge in [-0.1, -0.05) is 59.1 Å². The maximum absolute atomic E-state index is 12.0. The number of benzene rings is 1. The molecule has 1 aromatic carbocycles. The molecule has 0 fully saturated rings. The second kappa shape index (κ2) is 7.13. The third-order valence-electron chi connectivity index (χ3n) is 3.13. The first kappa shape index (κ1) is 18.8. The van der Waals surface area contributed by atoms with Crippen LogP contribution in [-0.4, -0.2) is 30.8 Å². The Balaban J connectivity index is 2.14. The molecular weight excluding hydrogens is 389 g/mol. The zero-order chi connectivity index (χ0) is 17.3. The number of rotatable bonds is 5. The molecule has 0 saturated heterocycles. The molecule has 2 atom stereocenters. The number of hydrogen-bond acceptors (Lipinski definition) is 5. The van der Waals surface area contributed by atoms with E-state index in [1.54, 1.807) is 12.1 Å². The molecule has 2 unspecified atom stereocenters. The predicted octanol–water partition coefficient (Wildman–Crippen LogP) is 2.44. The van der Waals surface area contributed by atoms with Gasteiger partial charge in [0.15, 0.2) is 0 Å². The highest BCUT2D eigenvalue weighted by Crippen LogP contribution is 2.35. The fourth-order valence-electron chi connectivity index (χ4n) is 2.35. The minimum absolute atomic E-state index is 0.352. The van der Waals surface area contributed by atoms with Crippen LogP contribution in [0.4, 0.5) is 0 Å². The van der Waals surface area contributed by atoms with Crippen molar-refractivity contribution < 1.29 is 22.1 Å². The van der Waals surface area contributed by atoms with E-state index in [9.17, 15) is 13.2 Å². The Morgan fingerprint density at radius 3 is 2.61 bits per heavy atom. The molecule has 10 heteroatoms. The topological polar surface area (TPSA) is 81.7 Å². The van der Waals surface area contributed by atoms with Crippen LogP contribution in [0.3, 0.4) is 0 Å². The quantitative estimate of drug-likeness (QED) is 0.604. The lowest BCUT2D eigenvalue weighted by atomic mass is 10.1. The standard InChI is InChI=1S/C13H14Cl3NO5S/c1-8(18)22-12-10-5-3-2-4-9(10)6-11(12)17-23(19,20)21-7-13(14,15)16/h2-5,11-12,17H,6-7H2,1H3. The van der Waals surface area contributed by atoms with Crippen LogP contribution in [0.2, 0.25) is 0 Å². The van der Waals surface area contributed by atoms with Crippen LogP contribution >= 0.6 is 34.8 Å². The number of alkyl halides is 3. The van der Waals surface area contributed by atoms with Crippen molar-refractivity contribution >= 4 is 51.1 Å². The maximum Gasteiger partial charge on any atom is 0.336 e. The van der Waals surface area contributed by atoms with E-state index in [-0.39, 0.29) is 0 Å². The van der Waals surface area contributed by atoms with Crippen molar-refractivity contribution in [3.05, 3.63) is 35.4 Å². The van der Waals surface area contributed by atoms with Crippen LogP contribution in [0.1, 0.15) is 24.2 Å². The SMILES string of the molecule is CC(=O)OC1c2ccccc2CC1NS(=O)(=O)OCC(Cl)(Cl)Cl. The molecule has 0 radical (unpaired) electrons. The first-order valence-electron chi connectivity index (χ1n) is 6.56. The summed E-state index contributed by atoms with van der Waals surface area (Å²) in [6.07, 6.45) is -0.389. The monoisotopic (exact) mass is 401 g/mol. The summed E-state index contributed by atoms with van der Waals surface area (Å²) in [5.41, 5.74) is 1.63. The third kappa shape index (κ3) is 5.48. The first-order chi connectivity index (χ1) is 10.6. The van der Waals surface area contributed by atoms with Gasteiger partial charge >= 0.3 is 16.3 Å². The first-order valence-corrected chi connectivity index (χ1v) is 9.10. The molecule has 1 N–H and O–H groups in total. The van der Waals surface area contributed by atoms with Crippen molar-refractivity contribution in [1.29, 1.82) is 0 Å². The number of carbonyl (C=O) groups excluding carboxylic acids is 1. The maximum atomic E-state index is 12.0. The van der Waals surface area contributed by atoms with Gasteiger partial charge in [-0.3, -0.25) is 8.98 Å². The largest absolute Gasteiger partial charge is 0.456 e. The Morgan fingerprint density at radius 2 is 2.00 bits per heavy atom. The Morgan fingerprint density at radius 1 is 1.35 bits per heavy atom. The van der Waals surface area contributed by atoms with Crippen molar-refractivity contribution in [2.45, 2.75) is 29.3 Å². The van der Waals surface area contributed by atoms with Crippen molar-refractivity contribution in [1.82, 2.24) is 4.72 Å². The summed E-state index contributed by atoms with van der Waals surface area (Å²) in [7, 11) is -4.18. The fraction of sp³-hybridized carbons (Fsp3) is 0.462. The van der Waals surface area contributed by atoms with E-state index < -0.39 is 38.8 Å². The lowest BCUT2D eigenvalue weighted by molar-refractivity contribution is -0.147. The van der Waals surface area contributed by atoms with Gasteiger partial charge in [0.2, 0.25) is 3.79 Å². The molecule has 1 aromatic rings. The molecule has 0 heterocycles. The summed E-state index contributed by atoms with van der Waals surface area (Å²) < 4.78 is 34.3. The number of carbonyl (C=O) groups is 1. The van der Waals surface area contributed by atoms with Crippen LogP contribution in [0, 0.1) is 0 Å². The summed E-state index contributed by atoms with van der Waals surface area (Å²) in [6.45, 7) is 0.622. The summed E-state index contributed by atoms with van der Waals surface area (Å²) in [4.78, 5) is 11.3. The molecule has 0 amide bonds. The van der Waals surface area contributed by atoms with Crippen LogP contribution in [-0.2, 0) is 30.4 Å². The molecule has 6 nitrogen and oxygen atoms in total. The Labute approximate surface area is 149 Å². The molecular formula is C13H14Cl3NO5S. The molecule has 128 valence electrons. The van der Waals surface area contributed by atoms with Gasteiger partial charge in [-0.05, 0) is 17.5 Å². The molecule has 0 saturated carbocycles. The van der Waals surface area contributed by atoms with Crippen molar-refractivity contribution in [2.75, 3.05) is 6.61 Å². The lowest BCUT2D eigenvalue weighted by Crippen LogP contribution is -2.40. The minimum Gasteiger partial charge on any atom is -0.456 e. The summed E-state index contributed by atoms with van der Waals surface area (Å²) in [6, 6.07) is 6.52. The van der Waals surface area contributed by atoms with Crippen LogP contribution < -0.4 is 4.72 Å². The van der Waals surface area contributed by atoms with Gasteiger partial charge in [0.05, 0.1) is 6.04 Å². The van der Waals surface area contributed by atoms with Gasteiger partial charge in [0, 0.05) is 6.92 Å². The van der Waals surface area contributed by atoms with Gasteiger partial charge in [0.1, 0.15) is 12.7 Å². The summed E-state index contributed by atoms with van der Waals surface area (Å²) in [5, 5.41) is 0. The number of esters is 1. The van der Waals surface area contributed by atoms with E-state index >= 15 is 0 Å². The van der Waals surface area contributed by atoms with Crippen molar-refractivity contribution in [3.63, 3.8) is 0 Å². The average Bonchev–Trinajstić information content (AvgIpc) is 2.73. The van der Waals surface area contributed by atoms with E-state index in [2.05, 4.69) is 8.91 Å². The molecule has 0 spiro atoms. The zero-order valence-electron chi connectivity index (χ0n) is 12.0. The predicted molar refractivity (Wildman–Crippen MR) is 86.7 cm³/mol. The van der Waals surface area contributed by atoms with Gasteiger partial charge in [-0.15, -0.1) is 0 Å². The molecule has 0 aliphatic heterocycles. The Kier molecular flexibility index (Phi) is 5.81. The van der Waals surface area contributed by atoms with E-state index in [4.69, 9.17) is 39.5 Å². The molecule has 1 aliphatic rings. The molecule has 2 rings (SSSR count). The normalized spacial score (nSPS) is 21.0. The Hall–Kier alpha value is -0.570. The number of nitrogens with one attached hydrogen (secondary N) is 1. The number of hydrogen-bond donors (Lipinski definition) is 1. The number of ether oxygens (including phenoxy) is 1. The highest BCUT2D eigenvalue weighted by molar-refractivity contribution is 7.84. The average molecular weight is 403 g/mol. The Bertz CT molecular complexity index is 689. The van der Waals surface area contributed by atoms with Crippen molar-refractivity contribution in [2.24, 2.45) is 0 Å². The van der Waals surface area contributed by atoms with Gasteiger partial charge in [-0.25, -0.2) is 0 Å². The smallest absolute Gasteiger partial charge is 0.336 e. The fourth-order valence-corrected chi connectivity index (χ4v) is 3.69. The lowest BCUT2D eigenvalue weighted by Gasteiger charge is -2.21. The van der Waals surface area contributed by atoms with Gasteiger partial charge in [-0.2, -0.15) is 13.1 Å². The zero-order valence-corrected chi connectivity index (χ0v) is 15.0. The van der Waals surface area contributed by atoms with E-state index in [0.717, 1.165) is 11.1 Å². The van der Waals surface area contributed by atoms with Gasteiger partial charge in [0.25, 0.3) is 0 Å². The van der Waals surface area contributed by atoms with Crippen LogP contribution in [0.5, 0.6) is 0 Å². The second-order valence-corrected chi connectivity index (χ2v) is 8.88. The molecule has 1 aliphatic carbocycles. The molecule has 0 aromatic heterocycles. The summed E-state index contributed by atoms with van der Waals surface area (Å²) in [5.74, 6) is -0.516. The second-order valence-electron chi connectivity index (χ2n) is 4.99. The molecule has 23 heavy (non-hydrogen) atoms. The van der Waals surface area contributed by atoms with Crippen molar-refractivity contribution in [3.8, 4) is 0 Å². The third-order valence-corrected chi connectivity index (χ3v) is 4.48. The summed E-state index contributed by atoms with van der Waals surface area (Å²) >= 11 is 16.4. The molecule has 0 bridgehead atoms. The number of halogens is 3. The minimum atomic E-state index is -4.18. The number of fused-ring (bicyclic) bond motifs is 1.